The summed E-state index contributed by atoms with van der Waals surface area (Å²) < 4.78 is 1.73. The first-order chi connectivity index (χ1) is 10.2. The lowest BCUT2D eigenvalue weighted by Crippen LogP contribution is -2.61. The number of nitrogens with zero attached hydrogens (tertiary/aromatic N) is 5. The number of carbonyl (C=O) groups excluding carboxylic acids is 2. The molecule has 0 bridgehead atoms. The minimum atomic E-state index is -0.0941. The normalized spacial score (nSPS) is 19.3. The van der Waals surface area contributed by atoms with Gasteiger partial charge in [0.1, 0.15) is 5.69 Å². The van der Waals surface area contributed by atoms with Crippen molar-refractivity contribution in [3.05, 3.63) is 30.4 Å². The van der Waals surface area contributed by atoms with E-state index in [0.717, 1.165) is 13.0 Å². The monoisotopic (exact) mass is 285 g/mol. The fraction of sp³-hybridized carbons (Fsp3) is 0.429. The summed E-state index contributed by atoms with van der Waals surface area (Å²) in [5, 5.41) is 0. The lowest BCUT2D eigenvalue weighted by molar-refractivity contribution is -0.132. The van der Waals surface area contributed by atoms with Crippen LogP contribution >= 0.6 is 0 Å². The van der Waals surface area contributed by atoms with Crippen molar-refractivity contribution in [2.45, 2.75) is 18.9 Å². The summed E-state index contributed by atoms with van der Waals surface area (Å²) in [6, 6.07) is 1.97. The number of likely N-dealkylation sites (tertiary alicyclic amines) is 2. The van der Waals surface area contributed by atoms with Crippen molar-refractivity contribution in [3.63, 3.8) is 0 Å². The molecule has 2 aromatic rings. The van der Waals surface area contributed by atoms with E-state index in [1.165, 1.54) is 0 Å². The fourth-order valence-electron chi connectivity index (χ4n) is 2.97. The van der Waals surface area contributed by atoms with Gasteiger partial charge in [-0.1, -0.05) is 0 Å². The average Bonchev–Trinajstić information content (AvgIpc) is 3.03. The van der Waals surface area contributed by atoms with Crippen molar-refractivity contribution in [1.82, 2.24) is 24.2 Å². The van der Waals surface area contributed by atoms with Crippen molar-refractivity contribution in [3.8, 4) is 0 Å². The van der Waals surface area contributed by atoms with Gasteiger partial charge in [-0.25, -0.2) is 9.97 Å². The van der Waals surface area contributed by atoms with Crippen LogP contribution < -0.4 is 0 Å². The van der Waals surface area contributed by atoms with Crippen molar-refractivity contribution in [1.29, 1.82) is 0 Å². The molecule has 7 nitrogen and oxygen atoms in total. The fourth-order valence-corrected chi connectivity index (χ4v) is 2.97. The third-order valence-corrected chi connectivity index (χ3v) is 4.15. The summed E-state index contributed by atoms with van der Waals surface area (Å²) >= 11 is 0. The average molecular weight is 285 g/mol. The molecule has 0 saturated carbocycles. The second-order valence-corrected chi connectivity index (χ2v) is 5.51. The van der Waals surface area contributed by atoms with Gasteiger partial charge >= 0.3 is 0 Å². The molecule has 2 aliphatic heterocycles. The van der Waals surface area contributed by atoms with Crippen LogP contribution in [0.1, 0.15) is 23.3 Å². The van der Waals surface area contributed by atoms with E-state index in [1.807, 2.05) is 11.1 Å². The molecular formula is C14H15N5O2. The standard InChI is InChI=1S/C14H15N5O2/c20-12-3-1-6-19(12)10-7-18(8-10)13(21)11-9-17-5-2-4-15-14(17)16-11/h2,4-5,9-10H,1,3,6-8H2. The van der Waals surface area contributed by atoms with Crippen molar-refractivity contribution in [2.24, 2.45) is 0 Å². The third-order valence-electron chi connectivity index (χ3n) is 4.15. The van der Waals surface area contributed by atoms with Gasteiger partial charge in [-0.05, 0) is 12.5 Å². The number of hydrogen-bond acceptors (Lipinski definition) is 4. The van der Waals surface area contributed by atoms with E-state index in [-0.39, 0.29) is 17.9 Å². The van der Waals surface area contributed by atoms with Gasteiger partial charge in [0.2, 0.25) is 11.7 Å². The van der Waals surface area contributed by atoms with Gasteiger partial charge < -0.3 is 9.80 Å². The molecule has 2 aliphatic rings. The second kappa shape index (κ2) is 4.54. The molecular weight excluding hydrogens is 270 g/mol. The summed E-state index contributed by atoms with van der Waals surface area (Å²) in [6.45, 7) is 2.03. The van der Waals surface area contributed by atoms with Gasteiger partial charge in [0.05, 0.1) is 6.04 Å². The SMILES string of the molecule is O=C(c1cn2cccnc2n1)N1CC(N2CCCC2=O)C1. The largest absolute Gasteiger partial charge is 0.336 e. The lowest BCUT2D eigenvalue weighted by atomic mass is 10.1. The van der Waals surface area contributed by atoms with Crippen molar-refractivity contribution in [2.75, 3.05) is 19.6 Å². The minimum absolute atomic E-state index is 0.0941. The summed E-state index contributed by atoms with van der Waals surface area (Å²) in [6.07, 6.45) is 6.73. The highest BCUT2D eigenvalue weighted by Crippen LogP contribution is 2.22. The van der Waals surface area contributed by atoms with Crippen LogP contribution in [0.4, 0.5) is 0 Å². The van der Waals surface area contributed by atoms with E-state index < -0.39 is 0 Å². The Morgan fingerprint density at radius 1 is 1.33 bits per heavy atom. The van der Waals surface area contributed by atoms with E-state index >= 15 is 0 Å². The Morgan fingerprint density at radius 3 is 2.90 bits per heavy atom. The van der Waals surface area contributed by atoms with E-state index in [0.29, 0.717) is 31.0 Å². The predicted molar refractivity (Wildman–Crippen MR) is 73.6 cm³/mol. The maximum absolute atomic E-state index is 12.4. The number of rotatable bonds is 2. The third kappa shape index (κ3) is 1.96. The van der Waals surface area contributed by atoms with Gasteiger partial charge in [0.15, 0.2) is 0 Å². The Hall–Kier alpha value is -2.44. The Labute approximate surface area is 121 Å². The van der Waals surface area contributed by atoms with Crippen LogP contribution in [0.5, 0.6) is 0 Å². The zero-order chi connectivity index (χ0) is 14.4. The molecule has 0 aliphatic carbocycles. The van der Waals surface area contributed by atoms with E-state index in [4.69, 9.17) is 0 Å². The first kappa shape index (κ1) is 12.3. The number of carbonyl (C=O) groups is 2. The molecule has 4 rings (SSSR count). The van der Waals surface area contributed by atoms with E-state index in [9.17, 15) is 9.59 Å². The molecule has 108 valence electrons. The van der Waals surface area contributed by atoms with Crippen LogP contribution in [0.2, 0.25) is 0 Å². The highest BCUT2D eigenvalue weighted by molar-refractivity contribution is 5.93. The quantitative estimate of drug-likeness (QED) is 0.789. The zero-order valence-corrected chi connectivity index (χ0v) is 11.5. The Balaban J connectivity index is 1.46. The van der Waals surface area contributed by atoms with Gasteiger partial charge in [-0.3, -0.25) is 14.0 Å². The first-order valence-corrected chi connectivity index (χ1v) is 7.11. The highest BCUT2D eigenvalue weighted by atomic mass is 16.2. The first-order valence-electron chi connectivity index (χ1n) is 7.11. The van der Waals surface area contributed by atoms with Crippen molar-refractivity contribution < 1.29 is 9.59 Å². The smallest absolute Gasteiger partial charge is 0.274 e. The van der Waals surface area contributed by atoms with Gasteiger partial charge in [-0.15, -0.1) is 0 Å². The van der Waals surface area contributed by atoms with E-state index in [2.05, 4.69) is 9.97 Å². The molecule has 7 heteroatoms. The number of hydrogen-bond donors (Lipinski definition) is 0. The van der Waals surface area contributed by atoms with Gasteiger partial charge in [0, 0.05) is 44.6 Å². The minimum Gasteiger partial charge on any atom is -0.336 e. The van der Waals surface area contributed by atoms with Crippen LogP contribution in [0.3, 0.4) is 0 Å². The summed E-state index contributed by atoms with van der Waals surface area (Å²) in [4.78, 5) is 36.0. The van der Waals surface area contributed by atoms with Gasteiger partial charge in [0.25, 0.3) is 5.91 Å². The topological polar surface area (TPSA) is 70.8 Å². The highest BCUT2D eigenvalue weighted by Gasteiger charge is 2.39. The molecule has 2 fully saturated rings. The number of imidazole rings is 1. The summed E-state index contributed by atoms with van der Waals surface area (Å²) in [5.41, 5.74) is 0.403. The molecule has 0 radical (unpaired) electrons. The van der Waals surface area contributed by atoms with Crippen LogP contribution in [-0.2, 0) is 4.79 Å². The molecule has 2 saturated heterocycles. The summed E-state index contributed by atoms with van der Waals surface area (Å²) in [7, 11) is 0. The van der Waals surface area contributed by atoms with E-state index in [1.54, 1.807) is 27.8 Å². The van der Waals surface area contributed by atoms with Crippen molar-refractivity contribution >= 4 is 17.6 Å². The Morgan fingerprint density at radius 2 is 2.19 bits per heavy atom. The molecule has 0 aromatic carbocycles. The molecule has 0 spiro atoms. The zero-order valence-electron chi connectivity index (χ0n) is 11.5. The molecule has 4 heterocycles. The number of amides is 2. The molecule has 0 unspecified atom stereocenters. The maximum atomic E-state index is 12.4. The predicted octanol–water partition coefficient (Wildman–Crippen LogP) is 0.176. The second-order valence-electron chi connectivity index (χ2n) is 5.51. The van der Waals surface area contributed by atoms with Gasteiger partial charge in [-0.2, -0.15) is 0 Å². The molecule has 0 N–H and O–H groups in total. The number of fused-ring (bicyclic) bond motifs is 1. The molecule has 0 atom stereocenters. The van der Waals surface area contributed by atoms with Crippen LogP contribution in [0.15, 0.2) is 24.7 Å². The maximum Gasteiger partial charge on any atom is 0.274 e. The van der Waals surface area contributed by atoms with Crippen LogP contribution in [-0.4, -0.2) is 61.7 Å². The molecule has 21 heavy (non-hydrogen) atoms. The Bertz CT molecular complexity index is 686. The van der Waals surface area contributed by atoms with Crippen LogP contribution in [0.25, 0.3) is 5.78 Å². The molecule has 2 amide bonds. The Kier molecular flexibility index (Phi) is 2.66. The van der Waals surface area contributed by atoms with Crippen LogP contribution in [0, 0.1) is 0 Å². The summed E-state index contributed by atoms with van der Waals surface area (Å²) in [5.74, 6) is 0.639. The number of aromatic nitrogens is 3. The molecule has 2 aromatic heterocycles. The lowest BCUT2D eigenvalue weighted by Gasteiger charge is -2.43.